The molecule has 0 amide bonds. The van der Waals surface area contributed by atoms with Gasteiger partial charge in [-0.25, -0.2) is 0 Å². The number of nitrogens with zero attached hydrogens (tertiary/aromatic N) is 1. The van der Waals surface area contributed by atoms with Crippen molar-refractivity contribution < 1.29 is 15.0 Å². The number of hydrogen-bond acceptors (Lipinski definition) is 3. The van der Waals surface area contributed by atoms with E-state index in [-0.39, 0.29) is 17.7 Å². The number of phenolic OH excluding ortho intramolecular Hbond substituents is 1. The van der Waals surface area contributed by atoms with E-state index in [1.807, 2.05) is 6.07 Å². The van der Waals surface area contributed by atoms with Gasteiger partial charge in [-0.2, -0.15) is 0 Å². The first-order valence-corrected chi connectivity index (χ1v) is 6.34. The van der Waals surface area contributed by atoms with Crippen molar-refractivity contribution in [3.8, 4) is 5.75 Å². The normalized spacial score (nSPS) is 19.7. The number of likely N-dealkylation sites (N-methyl/N-ethyl adjacent to an activating group) is 1. The second kappa shape index (κ2) is 4.88. The number of carbonyl (C=O) groups is 1. The van der Waals surface area contributed by atoms with Crippen LogP contribution < -0.4 is 4.90 Å². The molecule has 1 aromatic rings. The van der Waals surface area contributed by atoms with Crippen molar-refractivity contribution in [2.45, 2.75) is 32.7 Å². The highest BCUT2D eigenvalue weighted by molar-refractivity contribution is 5.70. The predicted octanol–water partition coefficient (Wildman–Crippen LogP) is 2.25. The standard InChI is InChI=1S/C14H19NO3/c1-3-15-11(6-9(2)14(17)18)7-10-8-12(16)4-5-13(10)15/h4-5,8-9,11,16H,3,6-7H2,1-2H3,(H,17,18). The first-order chi connectivity index (χ1) is 8.52. The molecule has 4 nitrogen and oxygen atoms in total. The Bertz CT molecular complexity index is 458. The van der Waals surface area contributed by atoms with Gasteiger partial charge in [0.15, 0.2) is 0 Å². The zero-order chi connectivity index (χ0) is 13.3. The number of hydrogen-bond donors (Lipinski definition) is 2. The Hall–Kier alpha value is -1.71. The van der Waals surface area contributed by atoms with E-state index in [1.165, 1.54) is 0 Å². The molecule has 0 saturated carbocycles. The number of aliphatic carboxylic acids is 1. The SMILES string of the molecule is CCN1c2ccc(O)cc2CC1CC(C)C(=O)O. The minimum atomic E-state index is -0.746. The molecular weight excluding hydrogens is 230 g/mol. The van der Waals surface area contributed by atoms with E-state index in [2.05, 4.69) is 11.8 Å². The van der Waals surface area contributed by atoms with Gasteiger partial charge in [0.25, 0.3) is 0 Å². The fraction of sp³-hybridized carbons (Fsp3) is 0.500. The second-order valence-electron chi connectivity index (χ2n) is 4.93. The number of rotatable bonds is 4. The van der Waals surface area contributed by atoms with Crippen molar-refractivity contribution in [1.29, 1.82) is 0 Å². The van der Waals surface area contributed by atoms with Crippen LogP contribution in [-0.2, 0) is 11.2 Å². The molecule has 1 aromatic carbocycles. The third-order valence-electron chi connectivity index (χ3n) is 3.66. The van der Waals surface area contributed by atoms with Gasteiger partial charge in [-0.15, -0.1) is 0 Å². The van der Waals surface area contributed by atoms with Crippen molar-refractivity contribution >= 4 is 11.7 Å². The third-order valence-corrected chi connectivity index (χ3v) is 3.66. The maximum Gasteiger partial charge on any atom is 0.306 e. The molecule has 98 valence electrons. The lowest BCUT2D eigenvalue weighted by Crippen LogP contribution is -2.34. The molecular formula is C14H19NO3. The maximum atomic E-state index is 11.0. The zero-order valence-electron chi connectivity index (χ0n) is 10.8. The molecule has 0 saturated heterocycles. The van der Waals surface area contributed by atoms with Crippen LogP contribution in [0.2, 0.25) is 0 Å². The molecule has 4 heteroatoms. The van der Waals surface area contributed by atoms with E-state index < -0.39 is 5.97 Å². The van der Waals surface area contributed by atoms with Gasteiger partial charge in [0.1, 0.15) is 5.75 Å². The zero-order valence-corrected chi connectivity index (χ0v) is 10.8. The van der Waals surface area contributed by atoms with Crippen LogP contribution in [0, 0.1) is 5.92 Å². The molecule has 2 unspecified atom stereocenters. The highest BCUT2D eigenvalue weighted by Gasteiger charge is 2.30. The summed E-state index contributed by atoms with van der Waals surface area (Å²) < 4.78 is 0. The van der Waals surface area contributed by atoms with Gasteiger partial charge in [-0.1, -0.05) is 6.92 Å². The Labute approximate surface area is 107 Å². The maximum absolute atomic E-state index is 11.0. The number of phenols is 1. The molecule has 2 atom stereocenters. The van der Waals surface area contributed by atoms with Gasteiger partial charge in [0.2, 0.25) is 0 Å². The smallest absolute Gasteiger partial charge is 0.306 e. The Morgan fingerprint density at radius 3 is 2.89 bits per heavy atom. The summed E-state index contributed by atoms with van der Waals surface area (Å²) in [6.07, 6.45) is 1.45. The molecule has 0 aromatic heterocycles. The molecule has 1 heterocycles. The van der Waals surface area contributed by atoms with E-state index in [0.29, 0.717) is 6.42 Å². The summed E-state index contributed by atoms with van der Waals surface area (Å²) in [6.45, 7) is 4.67. The second-order valence-corrected chi connectivity index (χ2v) is 4.93. The Morgan fingerprint density at radius 1 is 1.56 bits per heavy atom. The highest BCUT2D eigenvalue weighted by Crippen LogP contribution is 2.36. The summed E-state index contributed by atoms with van der Waals surface area (Å²) in [5.74, 6) is -0.812. The quantitative estimate of drug-likeness (QED) is 0.859. The van der Waals surface area contributed by atoms with Crippen LogP contribution in [-0.4, -0.2) is 28.8 Å². The van der Waals surface area contributed by atoms with Gasteiger partial charge in [-0.3, -0.25) is 4.79 Å². The van der Waals surface area contributed by atoms with E-state index in [0.717, 1.165) is 24.2 Å². The van der Waals surface area contributed by atoms with Crippen LogP contribution in [0.1, 0.15) is 25.8 Å². The summed E-state index contributed by atoms with van der Waals surface area (Å²) in [5, 5.41) is 18.5. The lowest BCUT2D eigenvalue weighted by molar-refractivity contribution is -0.141. The van der Waals surface area contributed by atoms with E-state index in [9.17, 15) is 9.90 Å². The first kappa shape index (κ1) is 12.7. The van der Waals surface area contributed by atoms with E-state index in [4.69, 9.17) is 5.11 Å². The molecule has 0 radical (unpaired) electrons. The van der Waals surface area contributed by atoms with E-state index in [1.54, 1.807) is 19.1 Å². The molecule has 1 aliphatic rings. The fourth-order valence-electron chi connectivity index (χ4n) is 2.72. The van der Waals surface area contributed by atoms with Crippen LogP contribution >= 0.6 is 0 Å². The van der Waals surface area contributed by atoms with Crippen molar-refractivity contribution in [1.82, 2.24) is 0 Å². The monoisotopic (exact) mass is 249 g/mol. The number of benzene rings is 1. The summed E-state index contributed by atoms with van der Waals surface area (Å²) in [6, 6.07) is 5.60. The minimum absolute atomic E-state index is 0.220. The summed E-state index contributed by atoms with van der Waals surface area (Å²) in [7, 11) is 0. The molecule has 1 aliphatic heterocycles. The van der Waals surface area contributed by atoms with Gasteiger partial charge in [0, 0.05) is 18.3 Å². The van der Waals surface area contributed by atoms with Crippen LogP contribution in [0.3, 0.4) is 0 Å². The molecule has 2 N–H and O–H groups in total. The van der Waals surface area contributed by atoms with Crippen molar-refractivity contribution in [2.75, 3.05) is 11.4 Å². The third kappa shape index (κ3) is 2.28. The average Bonchev–Trinajstić information content (AvgIpc) is 2.64. The molecule has 2 rings (SSSR count). The van der Waals surface area contributed by atoms with Crippen molar-refractivity contribution in [3.05, 3.63) is 23.8 Å². The summed E-state index contributed by atoms with van der Waals surface area (Å²) >= 11 is 0. The number of carboxylic acid groups (broad SMARTS) is 1. The fourth-order valence-corrected chi connectivity index (χ4v) is 2.72. The number of anilines is 1. The predicted molar refractivity (Wildman–Crippen MR) is 70.0 cm³/mol. The van der Waals surface area contributed by atoms with Gasteiger partial charge in [-0.05, 0) is 43.5 Å². The minimum Gasteiger partial charge on any atom is -0.508 e. The first-order valence-electron chi connectivity index (χ1n) is 6.34. The van der Waals surface area contributed by atoms with Crippen LogP contribution in [0.15, 0.2) is 18.2 Å². The van der Waals surface area contributed by atoms with Gasteiger partial charge >= 0.3 is 5.97 Å². The molecule has 0 aliphatic carbocycles. The number of fused-ring (bicyclic) bond motifs is 1. The van der Waals surface area contributed by atoms with Gasteiger partial charge < -0.3 is 15.1 Å². The Balaban J connectivity index is 2.19. The lowest BCUT2D eigenvalue weighted by atomic mass is 9.99. The van der Waals surface area contributed by atoms with Crippen LogP contribution in [0.25, 0.3) is 0 Å². The number of carboxylic acids is 1. The van der Waals surface area contributed by atoms with Crippen LogP contribution in [0.5, 0.6) is 5.75 Å². The average molecular weight is 249 g/mol. The Morgan fingerprint density at radius 2 is 2.28 bits per heavy atom. The molecule has 0 bridgehead atoms. The summed E-state index contributed by atoms with van der Waals surface area (Å²) in [4.78, 5) is 13.2. The van der Waals surface area contributed by atoms with Crippen LogP contribution in [0.4, 0.5) is 5.69 Å². The van der Waals surface area contributed by atoms with Crippen molar-refractivity contribution in [3.63, 3.8) is 0 Å². The molecule has 0 fully saturated rings. The highest BCUT2D eigenvalue weighted by atomic mass is 16.4. The number of aromatic hydroxyl groups is 1. The van der Waals surface area contributed by atoms with Crippen molar-refractivity contribution in [2.24, 2.45) is 5.92 Å². The molecule has 0 spiro atoms. The van der Waals surface area contributed by atoms with Gasteiger partial charge in [0.05, 0.1) is 5.92 Å². The lowest BCUT2D eigenvalue weighted by Gasteiger charge is -2.27. The largest absolute Gasteiger partial charge is 0.508 e. The van der Waals surface area contributed by atoms with E-state index >= 15 is 0 Å². The Kier molecular flexibility index (Phi) is 3.45. The molecule has 18 heavy (non-hydrogen) atoms. The summed E-state index contributed by atoms with van der Waals surface area (Å²) in [5.41, 5.74) is 2.23. The topological polar surface area (TPSA) is 60.8 Å².